The van der Waals surface area contributed by atoms with Crippen molar-refractivity contribution in [3.8, 4) is 0 Å². The van der Waals surface area contributed by atoms with Crippen molar-refractivity contribution in [1.82, 2.24) is 5.32 Å². The second-order valence-corrected chi connectivity index (χ2v) is 5.88. The predicted molar refractivity (Wildman–Crippen MR) is 78.0 cm³/mol. The average Bonchev–Trinajstić information content (AvgIpc) is 2.95. The van der Waals surface area contributed by atoms with Crippen LogP contribution in [0.25, 0.3) is 0 Å². The van der Waals surface area contributed by atoms with Gasteiger partial charge in [-0.25, -0.2) is 8.78 Å². The molecule has 6 nitrogen and oxygen atoms in total. The number of rotatable bonds is 5. The van der Waals surface area contributed by atoms with E-state index in [0.717, 1.165) is 6.42 Å². The third-order valence-corrected chi connectivity index (χ3v) is 3.93. The molecule has 1 heterocycles. The number of carbonyl (C=O) groups is 1. The summed E-state index contributed by atoms with van der Waals surface area (Å²) in [6, 6.07) is 0.966. The van der Waals surface area contributed by atoms with E-state index < -0.39 is 33.7 Å². The van der Waals surface area contributed by atoms with Gasteiger partial charge >= 0.3 is 0 Å². The van der Waals surface area contributed by atoms with E-state index >= 15 is 0 Å². The molecule has 2 atom stereocenters. The molecule has 0 bridgehead atoms. The third-order valence-electron chi connectivity index (χ3n) is 3.93. The Labute approximate surface area is 132 Å². The van der Waals surface area contributed by atoms with Crippen LogP contribution in [0.2, 0.25) is 0 Å². The minimum Gasteiger partial charge on any atom is -0.378 e. The first-order valence-electron chi connectivity index (χ1n) is 7.34. The van der Waals surface area contributed by atoms with Crippen LogP contribution >= 0.6 is 0 Å². The fourth-order valence-electron chi connectivity index (χ4n) is 2.80. The smallest absolute Gasteiger partial charge is 0.285 e. The molecule has 1 aromatic carbocycles. The van der Waals surface area contributed by atoms with Gasteiger partial charge in [-0.2, -0.15) is 0 Å². The van der Waals surface area contributed by atoms with Crippen LogP contribution in [0.3, 0.4) is 0 Å². The van der Waals surface area contributed by atoms with Crippen molar-refractivity contribution in [2.45, 2.75) is 26.4 Å². The molecule has 8 heteroatoms. The number of nitro groups is 1. The summed E-state index contributed by atoms with van der Waals surface area (Å²) in [5.41, 5.74) is -1.25. The lowest BCUT2D eigenvalue weighted by atomic mass is 9.93. The summed E-state index contributed by atoms with van der Waals surface area (Å²) in [6.07, 6.45) is 0.762. The van der Waals surface area contributed by atoms with Gasteiger partial charge in [0.15, 0.2) is 11.6 Å². The number of benzene rings is 1. The highest BCUT2D eigenvalue weighted by atomic mass is 19.2. The Morgan fingerprint density at radius 2 is 2.09 bits per heavy atom. The summed E-state index contributed by atoms with van der Waals surface area (Å²) < 4.78 is 32.0. The Kier molecular flexibility index (Phi) is 5.25. The van der Waals surface area contributed by atoms with Gasteiger partial charge in [0.2, 0.25) is 0 Å². The van der Waals surface area contributed by atoms with Gasteiger partial charge in [-0.05, 0) is 18.4 Å². The lowest BCUT2D eigenvalue weighted by Gasteiger charge is -2.22. The van der Waals surface area contributed by atoms with Crippen molar-refractivity contribution in [2.24, 2.45) is 11.8 Å². The van der Waals surface area contributed by atoms with E-state index in [9.17, 15) is 23.7 Å². The monoisotopic (exact) mass is 328 g/mol. The zero-order chi connectivity index (χ0) is 17.1. The van der Waals surface area contributed by atoms with Crippen molar-refractivity contribution in [3.05, 3.63) is 39.4 Å². The van der Waals surface area contributed by atoms with Gasteiger partial charge in [-0.3, -0.25) is 14.9 Å². The number of hydrogen-bond donors (Lipinski definition) is 1. The molecule has 2 rings (SSSR count). The fraction of sp³-hybridized carbons (Fsp3) is 0.533. The number of nitro benzene ring substituents is 1. The first-order valence-corrected chi connectivity index (χ1v) is 7.34. The summed E-state index contributed by atoms with van der Waals surface area (Å²) in [5, 5.41) is 13.5. The maximum absolute atomic E-state index is 13.3. The van der Waals surface area contributed by atoms with Crippen molar-refractivity contribution < 1.29 is 23.2 Å². The fourth-order valence-corrected chi connectivity index (χ4v) is 2.80. The van der Waals surface area contributed by atoms with Gasteiger partial charge in [-0.15, -0.1) is 0 Å². The maximum Gasteiger partial charge on any atom is 0.285 e. The number of halogens is 2. The highest BCUT2D eigenvalue weighted by Gasteiger charge is 2.31. The SMILES string of the molecule is CC(C)[C@@H]1OCC[C@@H]1CNC(=O)c1cc(F)c(F)cc1[N+](=O)[O-]. The molecule has 1 N–H and O–H groups in total. The lowest BCUT2D eigenvalue weighted by Crippen LogP contribution is -2.35. The van der Waals surface area contributed by atoms with Crippen LogP contribution in [0.15, 0.2) is 12.1 Å². The summed E-state index contributed by atoms with van der Waals surface area (Å²) in [6.45, 7) is 4.86. The quantitative estimate of drug-likeness (QED) is 0.665. The molecular weight excluding hydrogens is 310 g/mol. The molecule has 1 amide bonds. The number of amides is 1. The zero-order valence-electron chi connectivity index (χ0n) is 12.8. The Hall–Kier alpha value is -2.09. The first kappa shape index (κ1) is 17.3. The number of hydrogen-bond acceptors (Lipinski definition) is 4. The van der Waals surface area contributed by atoms with Gasteiger partial charge in [0.1, 0.15) is 5.56 Å². The summed E-state index contributed by atoms with van der Waals surface area (Å²) in [5.74, 6) is -3.10. The van der Waals surface area contributed by atoms with Crippen LogP contribution in [0, 0.1) is 33.6 Å². The first-order chi connectivity index (χ1) is 10.8. The van der Waals surface area contributed by atoms with E-state index in [1.54, 1.807) is 0 Å². The normalized spacial score (nSPS) is 20.7. The summed E-state index contributed by atoms with van der Waals surface area (Å²) >= 11 is 0. The number of carbonyl (C=O) groups excluding carboxylic acids is 1. The molecule has 126 valence electrons. The molecule has 1 fully saturated rings. The predicted octanol–water partition coefficient (Wildman–Crippen LogP) is 2.66. The largest absolute Gasteiger partial charge is 0.378 e. The molecule has 0 aliphatic carbocycles. The molecule has 0 aromatic heterocycles. The van der Waals surface area contributed by atoms with E-state index in [-0.39, 0.29) is 24.5 Å². The average molecular weight is 328 g/mol. The standard InChI is InChI=1S/C15H18F2N2O4/c1-8(2)14-9(3-4-23-14)7-18-15(20)10-5-11(16)12(17)6-13(10)19(21)22/h5-6,8-9,14H,3-4,7H2,1-2H3,(H,18,20)/t9-,14+/m1/s1. The molecule has 23 heavy (non-hydrogen) atoms. The molecule has 1 saturated heterocycles. The van der Waals surface area contributed by atoms with Crippen LogP contribution in [0.4, 0.5) is 14.5 Å². The number of nitrogens with zero attached hydrogens (tertiary/aromatic N) is 1. The number of ether oxygens (including phenoxy) is 1. The van der Waals surface area contributed by atoms with Crippen LogP contribution in [-0.4, -0.2) is 30.1 Å². The molecule has 0 radical (unpaired) electrons. The van der Waals surface area contributed by atoms with E-state index in [1.165, 1.54) is 0 Å². The van der Waals surface area contributed by atoms with E-state index in [0.29, 0.717) is 18.7 Å². The van der Waals surface area contributed by atoms with Crippen LogP contribution < -0.4 is 5.32 Å². The Balaban J connectivity index is 2.12. The minimum atomic E-state index is -1.36. The van der Waals surface area contributed by atoms with Crippen molar-refractivity contribution in [2.75, 3.05) is 13.2 Å². The summed E-state index contributed by atoms with van der Waals surface area (Å²) in [4.78, 5) is 22.1. The van der Waals surface area contributed by atoms with Gasteiger partial charge < -0.3 is 10.1 Å². The second kappa shape index (κ2) is 6.99. The molecular formula is C15H18F2N2O4. The van der Waals surface area contributed by atoms with E-state index in [1.807, 2.05) is 13.8 Å². The highest BCUT2D eigenvalue weighted by Crippen LogP contribution is 2.27. The molecule has 1 aliphatic heterocycles. The minimum absolute atomic E-state index is 0.00441. The second-order valence-electron chi connectivity index (χ2n) is 5.88. The van der Waals surface area contributed by atoms with E-state index in [4.69, 9.17) is 4.74 Å². The van der Waals surface area contributed by atoms with Crippen LogP contribution in [0.1, 0.15) is 30.6 Å². The maximum atomic E-state index is 13.3. The lowest BCUT2D eigenvalue weighted by molar-refractivity contribution is -0.385. The van der Waals surface area contributed by atoms with Crippen LogP contribution in [0.5, 0.6) is 0 Å². The third kappa shape index (κ3) is 3.82. The highest BCUT2D eigenvalue weighted by molar-refractivity contribution is 5.98. The van der Waals surface area contributed by atoms with Crippen molar-refractivity contribution in [3.63, 3.8) is 0 Å². The van der Waals surface area contributed by atoms with E-state index in [2.05, 4.69) is 5.32 Å². The Morgan fingerprint density at radius 1 is 1.43 bits per heavy atom. The Bertz CT molecular complexity index is 622. The topological polar surface area (TPSA) is 81.5 Å². The molecule has 0 spiro atoms. The summed E-state index contributed by atoms with van der Waals surface area (Å²) in [7, 11) is 0. The van der Waals surface area contributed by atoms with Crippen molar-refractivity contribution in [1.29, 1.82) is 0 Å². The molecule has 0 unspecified atom stereocenters. The van der Waals surface area contributed by atoms with Crippen LogP contribution in [-0.2, 0) is 4.74 Å². The van der Waals surface area contributed by atoms with Crippen molar-refractivity contribution >= 4 is 11.6 Å². The number of nitrogens with one attached hydrogen (secondary N) is 1. The van der Waals surface area contributed by atoms with Gasteiger partial charge in [0.05, 0.1) is 17.1 Å². The van der Waals surface area contributed by atoms with Gasteiger partial charge in [-0.1, -0.05) is 13.8 Å². The van der Waals surface area contributed by atoms with Gasteiger partial charge in [0, 0.05) is 19.1 Å². The molecule has 1 aliphatic rings. The Morgan fingerprint density at radius 3 is 2.70 bits per heavy atom. The molecule has 0 saturated carbocycles. The molecule has 1 aromatic rings. The zero-order valence-corrected chi connectivity index (χ0v) is 12.8. The van der Waals surface area contributed by atoms with Gasteiger partial charge in [0.25, 0.3) is 11.6 Å².